The molecule has 3 aromatic rings. The van der Waals surface area contributed by atoms with Crippen molar-refractivity contribution in [2.75, 3.05) is 12.4 Å². The Bertz CT molecular complexity index is 855. The van der Waals surface area contributed by atoms with Crippen LogP contribution in [0.1, 0.15) is 17.7 Å². The van der Waals surface area contributed by atoms with Crippen molar-refractivity contribution in [3.05, 3.63) is 39.9 Å². The summed E-state index contributed by atoms with van der Waals surface area (Å²) in [4.78, 5) is 14.4. The molecule has 0 aromatic carbocycles. The first kappa shape index (κ1) is 18.7. The molecule has 1 fully saturated rings. The molecule has 1 aliphatic heterocycles. The van der Waals surface area contributed by atoms with Gasteiger partial charge in [0.15, 0.2) is 11.0 Å². The van der Waals surface area contributed by atoms with E-state index in [9.17, 15) is 4.79 Å². The number of carbonyl (C=O) groups is 1. The normalized spacial score (nSPS) is 16.7. The third-order valence-electron chi connectivity index (χ3n) is 4.24. The topological polar surface area (TPSA) is 69.0 Å². The molecule has 27 heavy (non-hydrogen) atoms. The number of amides is 1. The van der Waals surface area contributed by atoms with Crippen LogP contribution in [0.15, 0.2) is 40.2 Å². The van der Waals surface area contributed by atoms with Crippen LogP contribution in [0.2, 0.25) is 0 Å². The molecule has 4 heterocycles. The Morgan fingerprint density at radius 2 is 2.19 bits per heavy atom. The minimum absolute atomic E-state index is 0.00209. The van der Waals surface area contributed by atoms with Crippen LogP contribution in [0.4, 0.5) is 0 Å². The number of aromatic nitrogens is 3. The Hall–Kier alpha value is -1.68. The van der Waals surface area contributed by atoms with Crippen LogP contribution in [-0.2, 0) is 22.6 Å². The number of rotatable bonds is 8. The summed E-state index contributed by atoms with van der Waals surface area (Å²) >= 11 is 4.71. The van der Waals surface area contributed by atoms with Gasteiger partial charge in [-0.25, -0.2) is 0 Å². The average molecular weight is 421 g/mol. The molecular weight excluding hydrogens is 400 g/mol. The van der Waals surface area contributed by atoms with E-state index in [-0.39, 0.29) is 12.0 Å². The zero-order chi connectivity index (χ0) is 18.5. The van der Waals surface area contributed by atoms with Crippen molar-refractivity contribution in [3.8, 4) is 10.7 Å². The van der Waals surface area contributed by atoms with Crippen molar-refractivity contribution < 1.29 is 9.53 Å². The van der Waals surface area contributed by atoms with Gasteiger partial charge in [-0.3, -0.25) is 9.36 Å². The highest BCUT2D eigenvalue weighted by Crippen LogP contribution is 2.29. The SMILES string of the molecule is O=C(CSc1nnc(-c2cccs2)n1CC1CCCO1)NCc1cccs1. The van der Waals surface area contributed by atoms with Crippen molar-refractivity contribution >= 4 is 40.3 Å². The molecule has 1 atom stereocenters. The van der Waals surface area contributed by atoms with Crippen LogP contribution in [0.3, 0.4) is 0 Å². The zero-order valence-corrected chi connectivity index (χ0v) is 17.1. The lowest BCUT2D eigenvalue weighted by molar-refractivity contribution is -0.118. The lowest BCUT2D eigenvalue weighted by atomic mass is 10.2. The smallest absolute Gasteiger partial charge is 0.230 e. The molecule has 6 nitrogen and oxygen atoms in total. The van der Waals surface area contributed by atoms with Crippen molar-refractivity contribution in [2.24, 2.45) is 0 Å². The highest BCUT2D eigenvalue weighted by atomic mass is 32.2. The second-order valence-electron chi connectivity index (χ2n) is 6.17. The molecule has 0 bridgehead atoms. The minimum Gasteiger partial charge on any atom is -0.376 e. The molecule has 0 spiro atoms. The molecule has 1 amide bonds. The third kappa shape index (κ3) is 4.78. The first-order valence-corrected chi connectivity index (χ1v) is 11.5. The Balaban J connectivity index is 1.42. The molecule has 1 unspecified atom stereocenters. The number of hydrogen-bond acceptors (Lipinski definition) is 7. The maximum atomic E-state index is 12.2. The van der Waals surface area contributed by atoms with E-state index in [1.54, 1.807) is 22.7 Å². The summed E-state index contributed by atoms with van der Waals surface area (Å²) in [6, 6.07) is 8.06. The van der Waals surface area contributed by atoms with E-state index in [1.807, 2.05) is 35.0 Å². The van der Waals surface area contributed by atoms with Gasteiger partial charge in [-0.05, 0) is 35.7 Å². The lowest BCUT2D eigenvalue weighted by Gasteiger charge is -2.14. The molecule has 3 aromatic heterocycles. The van der Waals surface area contributed by atoms with Gasteiger partial charge in [-0.15, -0.1) is 32.9 Å². The van der Waals surface area contributed by atoms with Crippen molar-refractivity contribution in [2.45, 2.75) is 37.2 Å². The second kappa shape index (κ2) is 9.01. The average Bonchev–Trinajstić information content (AvgIpc) is 3.47. The minimum atomic E-state index is -0.00209. The number of thiophene rings is 2. The molecular formula is C18H20N4O2S3. The molecule has 0 radical (unpaired) electrons. The highest BCUT2D eigenvalue weighted by Gasteiger charge is 2.22. The number of ether oxygens (including phenoxy) is 1. The van der Waals surface area contributed by atoms with Gasteiger partial charge in [-0.1, -0.05) is 23.9 Å². The van der Waals surface area contributed by atoms with E-state index in [0.717, 1.165) is 46.7 Å². The second-order valence-corrected chi connectivity index (χ2v) is 9.10. The highest BCUT2D eigenvalue weighted by molar-refractivity contribution is 7.99. The van der Waals surface area contributed by atoms with Crippen LogP contribution in [0.25, 0.3) is 10.7 Å². The Morgan fingerprint density at radius 1 is 1.30 bits per heavy atom. The fraction of sp³-hybridized carbons (Fsp3) is 0.389. The van der Waals surface area contributed by atoms with Crippen LogP contribution in [0.5, 0.6) is 0 Å². The maximum Gasteiger partial charge on any atom is 0.230 e. The predicted molar refractivity (Wildman–Crippen MR) is 109 cm³/mol. The van der Waals surface area contributed by atoms with Gasteiger partial charge in [0.2, 0.25) is 5.91 Å². The number of nitrogens with one attached hydrogen (secondary N) is 1. The van der Waals surface area contributed by atoms with Gasteiger partial charge < -0.3 is 10.1 Å². The molecule has 1 saturated heterocycles. The molecule has 142 valence electrons. The largest absolute Gasteiger partial charge is 0.376 e. The summed E-state index contributed by atoms with van der Waals surface area (Å²) in [6.45, 7) is 2.11. The molecule has 0 aliphatic carbocycles. The zero-order valence-electron chi connectivity index (χ0n) is 14.7. The van der Waals surface area contributed by atoms with E-state index in [2.05, 4.69) is 20.1 Å². The van der Waals surface area contributed by atoms with Gasteiger partial charge >= 0.3 is 0 Å². The lowest BCUT2D eigenvalue weighted by Crippen LogP contribution is -2.24. The van der Waals surface area contributed by atoms with E-state index >= 15 is 0 Å². The number of carbonyl (C=O) groups excluding carboxylic acids is 1. The summed E-state index contributed by atoms with van der Waals surface area (Å²) in [7, 11) is 0. The van der Waals surface area contributed by atoms with Crippen LogP contribution in [-0.4, -0.2) is 39.1 Å². The number of hydrogen-bond donors (Lipinski definition) is 1. The van der Waals surface area contributed by atoms with Crippen LogP contribution in [0, 0.1) is 0 Å². The fourth-order valence-electron chi connectivity index (χ4n) is 2.92. The third-order valence-corrected chi connectivity index (χ3v) is 6.95. The van der Waals surface area contributed by atoms with Crippen LogP contribution < -0.4 is 5.32 Å². The van der Waals surface area contributed by atoms with E-state index in [0.29, 0.717) is 12.3 Å². The van der Waals surface area contributed by atoms with Crippen LogP contribution >= 0.6 is 34.4 Å². The summed E-state index contributed by atoms with van der Waals surface area (Å²) in [5, 5.41) is 16.5. The van der Waals surface area contributed by atoms with E-state index in [1.165, 1.54) is 11.8 Å². The first-order chi connectivity index (χ1) is 13.3. The van der Waals surface area contributed by atoms with E-state index in [4.69, 9.17) is 4.74 Å². The molecule has 1 aliphatic rings. The summed E-state index contributed by atoms with van der Waals surface area (Å²) in [6.07, 6.45) is 2.33. The molecule has 9 heteroatoms. The Morgan fingerprint density at radius 3 is 2.93 bits per heavy atom. The van der Waals surface area contributed by atoms with Gasteiger partial charge in [0, 0.05) is 11.5 Å². The van der Waals surface area contributed by atoms with Gasteiger partial charge in [0.1, 0.15) is 0 Å². The Labute approximate surface area is 170 Å². The summed E-state index contributed by atoms with van der Waals surface area (Å²) in [5.41, 5.74) is 0. The number of nitrogens with zero attached hydrogens (tertiary/aromatic N) is 3. The standard InChI is InChI=1S/C18H20N4O2S3/c23-16(19-10-14-5-2-8-25-14)12-27-18-21-20-17(15-6-3-9-26-15)22(18)11-13-4-1-7-24-13/h2-3,5-6,8-9,13H,1,4,7,10-12H2,(H,19,23). The monoisotopic (exact) mass is 420 g/mol. The summed E-state index contributed by atoms with van der Waals surface area (Å²) in [5.74, 6) is 1.17. The van der Waals surface area contributed by atoms with Crippen molar-refractivity contribution in [3.63, 3.8) is 0 Å². The number of thioether (sulfide) groups is 1. The van der Waals surface area contributed by atoms with Gasteiger partial charge in [0.25, 0.3) is 0 Å². The predicted octanol–water partition coefficient (Wildman–Crippen LogP) is 3.66. The van der Waals surface area contributed by atoms with E-state index < -0.39 is 0 Å². The van der Waals surface area contributed by atoms with Crippen molar-refractivity contribution in [1.82, 2.24) is 20.1 Å². The van der Waals surface area contributed by atoms with Gasteiger partial charge in [-0.2, -0.15) is 0 Å². The fourth-order valence-corrected chi connectivity index (χ4v) is 5.06. The maximum absolute atomic E-state index is 12.2. The molecule has 4 rings (SSSR count). The molecule has 1 N–H and O–H groups in total. The molecule has 0 saturated carbocycles. The quantitative estimate of drug-likeness (QED) is 0.563. The first-order valence-electron chi connectivity index (χ1n) is 8.80. The van der Waals surface area contributed by atoms with Crippen molar-refractivity contribution in [1.29, 1.82) is 0 Å². The summed E-state index contributed by atoms with van der Waals surface area (Å²) < 4.78 is 7.90. The van der Waals surface area contributed by atoms with Gasteiger partial charge in [0.05, 0.1) is 29.8 Å². The Kier molecular flexibility index (Phi) is 6.23.